The van der Waals surface area contributed by atoms with Crippen molar-refractivity contribution in [2.75, 3.05) is 12.5 Å². The molecule has 0 aliphatic rings. The maximum Gasteiger partial charge on any atom is 0.0703 e. The monoisotopic (exact) mass is 203 g/mol. The first kappa shape index (κ1) is 11.7. The minimum Gasteiger partial charge on any atom is -0.229 e. The van der Waals surface area contributed by atoms with Gasteiger partial charge in [0.1, 0.15) is 0 Å². The van der Waals surface area contributed by atoms with Gasteiger partial charge >= 0.3 is 0 Å². The van der Waals surface area contributed by atoms with Gasteiger partial charge in [-0.15, -0.1) is 23.1 Å². The zero-order chi connectivity index (χ0) is 8.27. The lowest BCUT2D eigenvalue weighted by atomic mass is 10.2. The molecule has 1 aromatic carbocycles. The molecule has 0 bridgehead atoms. The molecule has 0 radical (unpaired) electrons. The highest BCUT2D eigenvalue weighted by atomic mass is 35.5. The first-order chi connectivity index (χ1) is 5.18. The molecule has 0 aliphatic carbocycles. The van der Waals surface area contributed by atoms with Gasteiger partial charge < -0.3 is 0 Å². The molecule has 0 saturated carbocycles. The Hall–Kier alpha value is -0.340. The summed E-state index contributed by atoms with van der Waals surface area (Å²) in [6.45, 7) is 2.08. The number of hydrogen-bond acceptors (Lipinski definition) is 1. The fourth-order valence-electron chi connectivity index (χ4n) is 0.816. The molecule has 3 heteroatoms. The summed E-state index contributed by atoms with van der Waals surface area (Å²) in [5, 5.41) is 0. The number of aryl methyl sites for hydroxylation is 1. The summed E-state index contributed by atoms with van der Waals surface area (Å²) in [5.41, 5.74) is 2.37. The smallest absolute Gasteiger partial charge is 0.0703 e. The fraction of sp³-hybridized carbons (Fsp3) is 0.333. The zero-order valence-corrected chi connectivity index (χ0v) is 9.21. The van der Waals surface area contributed by atoms with E-state index < -0.39 is 0 Å². The van der Waals surface area contributed by atoms with E-state index in [0.717, 1.165) is 5.69 Å². The summed E-state index contributed by atoms with van der Waals surface area (Å²) in [5.74, 6) is 0. The molecule has 1 rings (SSSR count). The molecular formula is C9H14ClNS. The van der Waals surface area contributed by atoms with Crippen LogP contribution in [-0.4, -0.2) is 12.5 Å². The molecule has 0 aromatic heterocycles. The predicted octanol–water partition coefficient (Wildman–Crippen LogP) is 3.11. The largest absolute Gasteiger partial charge is 0.229 e. The summed E-state index contributed by atoms with van der Waals surface area (Å²) in [7, 11) is 0.152. The third kappa shape index (κ3) is 3.88. The van der Waals surface area contributed by atoms with Crippen LogP contribution in [0, 0.1) is 6.92 Å². The second-order valence-electron chi connectivity index (χ2n) is 2.70. The van der Waals surface area contributed by atoms with Crippen LogP contribution in [-0.2, 0) is 10.7 Å². The van der Waals surface area contributed by atoms with Crippen molar-refractivity contribution in [1.82, 2.24) is 0 Å². The third-order valence-corrected chi connectivity index (χ3v) is 1.90. The van der Waals surface area contributed by atoms with Gasteiger partial charge in [-0.05, 0) is 31.6 Å². The molecule has 68 valence electrons. The van der Waals surface area contributed by atoms with Crippen molar-refractivity contribution in [2.45, 2.75) is 6.92 Å². The van der Waals surface area contributed by atoms with Gasteiger partial charge in [0, 0.05) is 0 Å². The van der Waals surface area contributed by atoms with Gasteiger partial charge in [-0.1, -0.05) is 17.7 Å². The molecule has 12 heavy (non-hydrogen) atoms. The minimum absolute atomic E-state index is 0. The molecule has 0 atom stereocenters. The Balaban J connectivity index is 0.00000121. The molecule has 0 amide bonds. The van der Waals surface area contributed by atoms with E-state index in [1.54, 1.807) is 0 Å². The number of rotatable bonds is 1. The van der Waals surface area contributed by atoms with Gasteiger partial charge in [0.2, 0.25) is 0 Å². The van der Waals surface area contributed by atoms with Crippen molar-refractivity contribution < 1.29 is 0 Å². The second-order valence-corrected chi connectivity index (χ2v) is 4.43. The lowest BCUT2D eigenvalue weighted by Gasteiger charge is -1.95. The Morgan fingerprint density at radius 1 is 1.08 bits per heavy atom. The van der Waals surface area contributed by atoms with Crippen LogP contribution in [0.4, 0.5) is 5.69 Å². The Kier molecular flexibility index (Phi) is 5.18. The Morgan fingerprint density at radius 2 is 1.58 bits per heavy atom. The molecule has 0 fully saturated rings. The van der Waals surface area contributed by atoms with E-state index in [1.807, 2.05) is 0 Å². The Labute approximate surface area is 82.7 Å². The minimum atomic E-state index is 0. The maximum absolute atomic E-state index is 4.43. The predicted molar refractivity (Wildman–Crippen MR) is 59.7 cm³/mol. The van der Waals surface area contributed by atoms with Crippen molar-refractivity contribution in [1.29, 1.82) is 0 Å². The average Bonchev–Trinajstić information content (AvgIpc) is 1.93. The van der Waals surface area contributed by atoms with Gasteiger partial charge in [-0.3, -0.25) is 0 Å². The molecule has 1 nitrogen and oxygen atoms in total. The number of hydrogen-bond donors (Lipinski definition) is 0. The van der Waals surface area contributed by atoms with Crippen LogP contribution in [0.3, 0.4) is 0 Å². The van der Waals surface area contributed by atoms with Crippen LogP contribution < -0.4 is 0 Å². The van der Waals surface area contributed by atoms with Gasteiger partial charge in [0.05, 0.1) is 5.69 Å². The SMILES string of the molecule is Cc1ccc(N=S(C)C)cc1.Cl. The van der Waals surface area contributed by atoms with Gasteiger partial charge in [0.25, 0.3) is 0 Å². The zero-order valence-electron chi connectivity index (χ0n) is 7.57. The standard InChI is InChI=1S/C9H13NS.ClH/c1-8-4-6-9(7-5-8)10-11(2)3;/h4-7H,1-3H3;1H. The molecule has 0 heterocycles. The van der Waals surface area contributed by atoms with Gasteiger partial charge in [-0.2, -0.15) is 0 Å². The van der Waals surface area contributed by atoms with Crippen LogP contribution in [0.1, 0.15) is 5.56 Å². The molecule has 0 N–H and O–H groups in total. The summed E-state index contributed by atoms with van der Waals surface area (Å²) < 4.78 is 4.43. The quantitative estimate of drug-likeness (QED) is 0.665. The average molecular weight is 204 g/mol. The topological polar surface area (TPSA) is 12.4 Å². The molecule has 0 saturated heterocycles. The van der Waals surface area contributed by atoms with E-state index in [1.165, 1.54) is 5.56 Å². The lowest BCUT2D eigenvalue weighted by molar-refractivity contribution is 1.45. The van der Waals surface area contributed by atoms with Crippen LogP contribution in [0.25, 0.3) is 0 Å². The molecule has 0 unspecified atom stereocenters. The molecular weight excluding hydrogens is 190 g/mol. The van der Waals surface area contributed by atoms with E-state index in [9.17, 15) is 0 Å². The highest BCUT2D eigenvalue weighted by Crippen LogP contribution is 2.12. The van der Waals surface area contributed by atoms with Crippen molar-refractivity contribution in [3.05, 3.63) is 29.8 Å². The summed E-state index contributed by atoms with van der Waals surface area (Å²) in [4.78, 5) is 0. The molecule has 0 spiro atoms. The molecule has 0 aliphatic heterocycles. The highest BCUT2D eigenvalue weighted by Gasteiger charge is 1.86. The van der Waals surface area contributed by atoms with E-state index in [2.05, 4.69) is 48.1 Å². The highest BCUT2D eigenvalue weighted by molar-refractivity contribution is 7.85. The lowest BCUT2D eigenvalue weighted by Crippen LogP contribution is -1.76. The van der Waals surface area contributed by atoms with E-state index in [0.29, 0.717) is 0 Å². The Bertz CT molecular complexity index is 262. The maximum atomic E-state index is 4.43. The summed E-state index contributed by atoms with van der Waals surface area (Å²) in [6.07, 6.45) is 4.22. The van der Waals surface area contributed by atoms with Crippen molar-refractivity contribution >= 4 is 28.8 Å². The summed E-state index contributed by atoms with van der Waals surface area (Å²) in [6, 6.07) is 8.29. The number of nitrogens with zero attached hydrogens (tertiary/aromatic N) is 1. The second kappa shape index (κ2) is 5.33. The first-order valence-electron chi connectivity index (χ1n) is 3.54. The fourth-order valence-corrected chi connectivity index (χ4v) is 1.36. The van der Waals surface area contributed by atoms with Crippen molar-refractivity contribution in [3.63, 3.8) is 0 Å². The first-order valence-corrected chi connectivity index (χ1v) is 5.54. The normalized spacial score (nSPS) is 9.33. The van der Waals surface area contributed by atoms with Gasteiger partial charge in [0.15, 0.2) is 0 Å². The van der Waals surface area contributed by atoms with Crippen LogP contribution in [0.5, 0.6) is 0 Å². The van der Waals surface area contributed by atoms with Crippen molar-refractivity contribution in [2.24, 2.45) is 4.36 Å². The molecule has 1 aromatic rings. The van der Waals surface area contributed by atoms with E-state index in [-0.39, 0.29) is 23.1 Å². The third-order valence-electron chi connectivity index (χ3n) is 1.32. The van der Waals surface area contributed by atoms with Crippen LogP contribution >= 0.6 is 12.4 Å². The van der Waals surface area contributed by atoms with Gasteiger partial charge in [-0.25, -0.2) is 4.36 Å². The van der Waals surface area contributed by atoms with Crippen molar-refractivity contribution in [3.8, 4) is 0 Å². The summed E-state index contributed by atoms with van der Waals surface area (Å²) >= 11 is 0. The van der Waals surface area contributed by atoms with Crippen LogP contribution in [0.2, 0.25) is 0 Å². The van der Waals surface area contributed by atoms with E-state index in [4.69, 9.17) is 0 Å². The van der Waals surface area contributed by atoms with E-state index >= 15 is 0 Å². The van der Waals surface area contributed by atoms with Crippen LogP contribution in [0.15, 0.2) is 28.6 Å². The number of halogens is 1. The Morgan fingerprint density at radius 3 is 2.00 bits per heavy atom. The number of benzene rings is 1.